The number of benzene rings is 1. The van der Waals surface area contributed by atoms with Gasteiger partial charge in [-0.1, -0.05) is 23.4 Å². The first-order valence-electron chi connectivity index (χ1n) is 8.63. The normalized spacial score (nSPS) is 19.4. The topological polar surface area (TPSA) is 123 Å². The maximum atomic E-state index is 12.2. The molecule has 3 N–H and O–H groups in total. The van der Waals surface area contributed by atoms with E-state index in [9.17, 15) is 14.7 Å². The van der Waals surface area contributed by atoms with Crippen molar-refractivity contribution >= 4 is 23.2 Å². The molecule has 1 aliphatic heterocycles. The van der Waals surface area contributed by atoms with Crippen LogP contribution in [0.15, 0.2) is 34.9 Å². The molecule has 2 aromatic heterocycles. The van der Waals surface area contributed by atoms with Crippen molar-refractivity contribution in [3.05, 3.63) is 46.7 Å². The summed E-state index contributed by atoms with van der Waals surface area (Å²) >= 11 is 1.38. The van der Waals surface area contributed by atoms with E-state index in [2.05, 4.69) is 10.1 Å². The minimum absolute atomic E-state index is 0.128. The van der Waals surface area contributed by atoms with Crippen LogP contribution in [0.25, 0.3) is 21.8 Å². The highest BCUT2D eigenvalue weighted by Crippen LogP contribution is 2.36. The average Bonchev–Trinajstić information content (AvgIpc) is 3.38. The molecule has 1 fully saturated rings. The second-order valence-corrected chi connectivity index (χ2v) is 7.99. The number of nitrogens with zero attached hydrogens (tertiary/aromatic N) is 3. The zero-order chi connectivity index (χ0) is 20.1. The minimum Gasteiger partial charge on any atom is -0.373 e. The molecule has 0 saturated carbocycles. The third-order valence-electron chi connectivity index (χ3n) is 4.86. The van der Waals surface area contributed by atoms with Gasteiger partial charge in [-0.05, 0) is 13.0 Å². The van der Waals surface area contributed by atoms with Crippen molar-refractivity contribution in [2.45, 2.75) is 18.9 Å². The van der Waals surface area contributed by atoms with Crippen LogP contribution in [0.4, 0.5) is 0 Å². The van der Waals surface area contributed by atoms with Gasteiger partial charge in [-0.15, -0.1) is 11.3 Å². The van der Waals surface area contributed by atoms with E-state index >= 15 is 0 Å². The number of hydrogen-bond donors (Lipinski definition) is 2. The molecule has 3 aromatic rings. The van der Waals surface area contributed by atoms with Gasteiger partial charge in [0.15, 0.2) is 5.76 Å². The van der Waals surface area contributed by atoms with Gasteiger partial charge in [-0.25, -0.2) is 4.98 Å². The third-order valence-corrected chi connectivity index (χ3v) is 5.88. The number of nitrogens with two attached hydrogens (primary N) is 1. The Hall–Kier alpha value is -3.04. The molecule has 4 rings (SSSR count). The number of aromatic nitrogens is 2. The monoisotopic (exact) mass is 398 g/mol. The van der Waals surface area contributed by atoms with Gasteiger partial charge in [-0.3, -0.25) is 9.59 Å². The number of hydrogen-bond acceptors (Lipinski definition) is 7. The molecule has 1 saturated heterocycles. The highest BCUT2D eigenvalue weighted by atomic mass is 32.1. The lowest BCUT2D eigenvalue weighted by Gasteiger charge is -2.16. The van der Waals surface area contributed by atoms with E-state index < -0.39 is 17.4 Å². The van der Waals surface area contributed by atoms with Crippen LogP contribution < -0.4 is 5.73 Å². The van der Waals surface area contributed by atoms with E-state index in [1.165, 1.54) is 16.2 Å². The largest absolute Gasteiger partial charge is 0.373 e. The summed E-state index contributed by atoms with van der Waals surface area (Å²) in [6.45, 7) is 2.25. The van der Waals surface area contributed by atoms with Gasteiger partial charge in [0.05, 0.1) is 0 Å². The first-order valence-corrected chi connectivity index (χ1v) is 9.44. The first-order chi connectivity index (χ1) is 13.3. The summed E-state index contributed by atoms with van der Waals surface area (Å²) in [6.07, 6.45) is 0.255. The van der Waals surface area contributed by atoms with Crippen LogP contribution in [-0.4, -0.2) is 45.6 Å². The standard InChI is InChI=1S/C19H18N4O4S/c1-10-15(16(20)24)21-17(28-10)12-5-3-4-11(8-12)13-9-14(27-22-13)19(26)6-7-23(2)18(19)25/h3-5,8-9,26H,6-7H2,1-2H3,(H2,20,24). The van der Waals surface area contributed by atoms with Gasteiger partial charge >= 0.3 is 0 Å². The number of carbonyl (C=O) groups is 2. The fourth-order valence-electron chi connectivity index (χ4n) is 3.25. The fourth-order valence-corrected chi connectivity index (χ4v) is 4.16. The zero-order valence-electron chi connectivity index (χ0n) is 15.3. The van der Waals surface area contributed by atoms with Crippen LogP contribution in [0.5, 0.6) is 0 Å². The Morgan fingerprint density at radius 1 is 1.36 bits per heavy atom. The number of rotatable bonds is 4. The number of thiazole rings is 1. The fraction of sp³-hybridized carbons (Fsp3) is 0.263. The van der Waals surface area contributed by atoms with Crippen molar-refractivity contribution in [1.82, 2.24) is 15.0 Å². The van der Waals surface area contributed by atoms with Crippen molar-refractivity contribution in [2.75, 3.05) is 13.6 Å². The molecule has 0 spiro atoms. The number of aliphatic hydroxyl groups is 1. The molecule has 8 nitrogen and oxygen atoms in total. The molecule has 1 aliphatic rings. The summed E-state index contributed by atoms with van der Waals surface area (Å²) in [7, 11) is 1.64. The maximum Gasteiger partial charge on any atom is 0.268 e. The van der Waals surface area contributed by atoms with E-state index in [1.54, 1.807) is 20.0 Å². The van der Waals surface area contributed by atoms with Crippen molar-refractivity contribution in [3.63, 3.8) is 0 Å². The van der Waals surface area contributed by atoms with Gasteiger partial charge in [0.2, 0.25) is 5.60 Å². The Bertz CT molecular complexity index is 1090. The smallest absolute Gasteiger partial charge is 0.268 e. The second-order valence-electron chi connectivity index (χ2n) is 6.78. The number of likely N-dealkylation sites (N-methyl/N-ethyl adjacent to an activating group) is 1. The predicted molar refractivity (Wildman–Crippen MR) is 102 cm³/mol. The third kappa shape index (κ3) is 2.88. The second kappa shape index (κ2) is 6.54. The lowest BCUT2D eigenvalue weighted by atomic mass is 9.98. The lowest BCUT2D eigenvalue weighted by Crippen LogP contribution is -2.35. The van der Waals surface area contributed by atoms with Gasteiger partial charge in [0.1, 0.15) is 16.4 Å². The molecule has 144 valence electrons. The Kier molecular flexibility index (Phi) is 4.28. The van der Waals surface area contributed by atoms with Gasteiger partial charge in [0.25, 0.3) is 11.8 Å². The number of amides is 2. The maximum absolute atomic E-state index is 12.2. The summed E-state index contributed by atoms with van der Waals surface area (Å²) in [5.41, 5.74) is 5.97. The molecule has 3 heterocycles. The molecule has 0 radical (unpaired) electrons. The van der Waals surface area contributed by atoms with Crippen LogP contribution in [0, 0.1) is 6.92 Å². The summed E-state index contributed by atoms with van der Waals surface area (Å²) in [5, 5.41) is 15.4. The predicted octanol–water partition coefficient (Wildman–Crippen LogP) is 1.92. The zero-order valence-corrected chi connectivity index (χ0v) is 16.1. The Morgan fingerprint density at radius 2 is 2.11 bits per heavy atom. The summed E-state index contributed by atoms with van der Waals surface area (Å²) in [6, 6.07) is 8.99. The van der Waals surface area contributed by atoms with Gasteiger partial charge < -0.3 is 20.3 Å². The van der Waals surface area contributed by atoms with Crippen LogP contribution in [0.3, 0.4) is 0 Å². The molecule has 0 bridgehead atoms. The number of aryl methyl sites for hydroxylation is 1. The molecular weight excluding hydrogens is 380 g/mol. The average molecular weight is 398 g/mol. The van der Waals surface area contributed by atoms with Crippen LogP contribution in [-0.2, 0) is 10.4 Å². The number of likely N-dealkylation sites (tertiary alicyclic amines) is 1. The van der Waals surface area contributed by atoms with Crippen molar-refractivity contribution < 1.29 is 19.2 Å². The summed E-state index contributed by atoms with van der Waals surface area (Å²) in [4.78, 5) is 30.2. The van der Waals surface area contributed by atoms with E-state index in [1.807, 2.05) is 24.3 Å². The van der Waals surface area contributed by atoms with Crippen LogP contribution in [0.2, 0.25) is 0 Å². The molecule has 2 amide bonds. The Morgan fingerprint density at radius 3 is 2.75 bits per heavy atom. The van der Waals surface area contributed by atoms with Crippen LogP contribution >= 0.6 is 11.3 Å². The molecule has 28 heavy (non-hydrogen) atoms. The molecule has 1 atom stereocenters. The van der Waals surface area contributed by atoms with Crippen molar-refractivity contribution in [3.8, 4) is 21.8 Å². The molecule has 0 aliphatic carbocycles. The molecular formula is C19H18N4O4S. The molecule has 1 aromatic carbocycles. The van der Waals surface area contributed by atoms with E-state index in [0.29, 0.717) is 17.2 Å². The summed E-state index contributed by atoms with van der Waals surface area (Å²) in [5.74, 6) is -0.832. The van der Waals surface area contributed by atoms with Gasteiger partial charge in [-0.2, -0.15) is 0 Å². The van der Waals surface area contributed by atoms with Crippen molar-refractivity contribution in [1.29, 1.82) is 0 Å². The van der Waals surface area contributed by atoms with E-state index in [-0.39, 0.29) is 17.9 Å². The molecule has 1 unspecified atom stereocenters. The lowest BCUT2D eigenvalue weighted by molar-refractivity contribution is -0.144. The SMILES string of the molecule is Cc1sc(-c2cccc(-c3cc(C4(O)CCN(C)C4=O)on3)c2)nc1C(N)=O. The van der Waals surface area contributed by atoms with Crippen molar-refractivity contribution in [2.24, 2.45) is 5.73 Å². The van der Waals surface area contributed by atoms with Gasteiger partial charge in [0, 0.05) is 42.1 Å². The highest BCUT2D eigenvalue weighted by molar-refractivity contribution is 7.15. The summed E-state index contributed by atoms with van der Waals surface area (Å²) < 4.78 is 5.30. The first kappa shape index (κ1) is 18.3. The number of carbonyl (C=O) groups excluding carboxylic acids is 2. The minimum atomic E-state index is -1.68. The number of primary amides is 1. The quantitative estimate of drug-likeness (QED) is 0.692. The highest BCUT2D eigenvalue weighted by Gasteiger charge is 2.48. The van der Waals surface area contributed by atoms with E-state index in [4.69, 9.17) is 10.3 Å². The Balaban J connectivity index is 1.68. The Labute approximate surface area is 164 Å². The molecule has 9 heteroatoms. The van der Waals surface area contributed by atoms with E-state index in [0.717, 1.165) is 16.0 Å². The van der Waals surface area contributed by atoms with Crippen LogP contribution in [0.1, 0.15) is 27.5 Å².